The normalized spacial score (nSPS) is 9.51. The van der Waals surface area contributed by atoms with Crippen LogP contribution < -0.4 is 14.2 Å². The van der Waals surface area contributed by atoms with Gasteiger partial charge in [0.1, 0.15) is 11.5 Å². The number of benzene rings is 3. The van der Waals surface area contributed by atoms with E-state index in [1.54, 1.807) is 30.3 Å². The SMILES string of the molecule is C=CC(=O)OCCCCCCOc1[c-]ccc(C(=O)Oc2ccc(-c3ccc(OCCCCCCOC(=O)C=C)cc3)cc2)c1.C=C[C-]=O.[CH2-]CCCC[CH2-].[U+2].[U+2]. The van der Waals surface area contributed by atoms with Crippen LogP contribution in [0.2, 0.25) is 0 Å². The van der Waals surface area contributed by atoms with Gasteiger partial charge in [0.05, 0.1) is 26.4 Å². The molecule has 0 saturated heterocycles. The second kappa shape index (κ2) is 38.2. The number of rotatable bonds is 25. The van der Waals surface area contributed by atoms with E-state index in [-0.39, 0.29) is 68.2 Å². The molecular weight excluding hydrogens is 1170 g/mol. The Hall–Kier alpha value is -3.34. The second-order valence-corrected chi connectivity index (χ2v) is 11.9. The molecule has 0 bridgehead atoms. The van der Waals surface area contributed by atoms with Gasteiger partial charge in [0.2, 0.25) is 0 Å². The minimum Gasteiger partial charge on any atom is -0.519 e. The number of ether oxygens (including phenoxy) is 5. The zero-order chi connectivity index (χ0) is 40.4. The Morgan fingerprint density at radius 2 is 1.05 bits per heavy atom. The predicted molar refractivity (Wildman–Crippen MR) is 217 cm³/mol. The Bertz CT molecular complexity index is 1530. The molecule has 0 atom stereocenters. The van der Waals surface area contributed by atoms with Crippen LogP contribution in [0.15, 0.2) is 105 Å². The fraction of sp³-hybridized carbons (Fsp3) is 0.348. The molecule has 0 amide bonds. The predicted octanol–water partition coefficient (Wildman–Crippen LogP) is 10.2. The molecule has 0 spiro atoms. The minimum atomic E-state index is -0.478. The molecule has 0 unspecified atom stereocenters. The molecule has 0 N–H and O–H groups in total. The van der Waals surface area contributed by atoms with Crippen LogP contribution in [-0.2, 0) is 23.9 Å². The molecular formula is C46H56O9U2. The molecule has 0 saturated carbocycles. The number of allylic oxidation sites excluding steroid dienone is 1. The molecule has 11 heteroatoms. The van der Waals surface area contributed by atoms with Crippen molar-refractivity contribution in [3.63, 3.8) is 0 Å². The summed E-state index contributed by atoms with van der Waals surface area (Å²) < 4.78 is 27.1. The Labute approximate surface area is 388 Å². The first-order valence-electron chi connectivity index (χ1n) is 18.7. The molecule has 0 aliphatic rings. The molecule has 3 rings (SSSR count). The fourth-order valence-corrected chi connectivity index (χ4v) is 4.58. The Kier molecular flexibility index (Phi) is 37.4. The summed E-state index contributed by atoms with van der Waals surface area (Å²) >= 11 is 0. The van der Waals surface area contributed by atoms with Gasteiger partial charge in [0.25, 0.3) is 0 Å². The van der Waals surface area contributed by atoms with Crippen LogP contribution in [0.4, 0.5) is 0 Å². The first-order valence-corrected chi connectivity index (χ1v) is 18.7. The van der Waals surface area contributed by atoms with Gasteiger partial charge in [0, 0.05) is 17.9 Å². The van der Waals surface area contributed by atoms with Crippen LogP contribution in [0, 0.1) is 82.1 Å². The second-order valence-electron chi connectivity index (χ2n) is 11.9. The van der Waals surface area contributed by atoms with Gasteiger partial charge in [0.15, 0.2) is 0 Å². The molecule has 0 aliphatic heterocycles. The van der Waals surface area contributed by atoms with Gasteiger partial charge in [-0.15, -0.1) is 12.1 Å². The molecule has 0 heterocycles. The first kappa shape index (κ1) is 55.8. The van der Waals surface area contributed by atoms with Crippen molar-refractivity contribution in [2.75, 3.05) is 26.4 Å². The van der Waals surface area contributed by atoms with Gasteiger partial charge in [-0.2, -0.15) is 25.0 Å². The minimum absolute atomic E-state index is 0. The third-order valence-electron chi connectivity index (χ3n) is 7.52. The first-order chi connectivity index (χ1) is 26.8. The molecule has 0 aliphatic carbocycles. The number of carbonyl (C=O) groups excluding carboxylic acids is 4. The molecule has 0 fully saturated rings. The van der Waals surface area contributed by atoms with E-state index in [4.69, 9.17) is 28.5 Å². The molecule has 57 heavy (non-hydrogen) atoms. The summed E-state index contributed by atoms with van der Waals surface area (Å²) in [6, 6.07) is 23.1. The summed E-state index contributed by atoms with van der Waals surface area (Å²) in [4.78, 5) is 43.7. The zero-order valence-electron chi connectivity index (χ0n) is 33.1. The molecule has 9 nitrogen and oxygen atoms in total. The van der Waals surface area contributed by atoms with Gasteiger partial charge in [-0.3, -0.25) is 0 Å². The summed E-state index contributed by atoms with van der Waals surface area (Å²) in [6.45, 7) is 19.1. The van der Waals surface area contributed by atoms with Gasteiger partial charge in [-0.05, 0) is 98.6 Å². The maximum Gasteiger partial charge on any atom is 2.00 e. The van der Waals surface area contributed by atoms with Crippen molar-refractivity contribution in [3.8, 4) is 28.4 Å². The van der Waals surface area contributed by atoms with Crippen LogP contribution in [0.1, 0.15) is 87.4 Å². The van der Waals surface area contributed by atoms with E-state index in [9.17, 15) is 14.4 Å². The van der Waals surface area contributed by atoms with Crippen LogP contribution >= 0.6 is 0 Å². The van der Waals surface area contributed by atoms with Crippen LogP contribution in [-0.4, -0.2) is 50.6 Å². The summed E-state index contributed by atoms with van der Waals surface area (Å²) in [5.74, 6) is 0.463. The third-order valence-corrected chi connectivity index (χ3v) is 7.52. The molecule has 0 aromatic heterocycles. The Morgan fingerprint density at radius 1 is 0.614 bits per heavy atom. The van der Waals surface area contributed by atoms with Crippen molar-refractivity contribution in [1.82, 2.24) is 0 Å². The number of hydrogen-bond donors (Lipinski definition) is 0. The number of esters is 3. The number of hydrogen-bond acceptors (Lipinski definition) is 9. The maximum absolute atomic E-state index is 12.7. The summed E-state index contributed by atoms with van der Waals surface area (Å²) in [5.41, 5.74) is 2.38. The smallest absolute Gasteiger partial charge is 0.519 e. The van der Waals surface area contributed by atoms with Crippen LogP contribution in [0.5, 0.6) is 17.2 Å². The molecule has 3 aromatic rings. The topological polar surface area (TPSA) is 114 Å². The quantitative estimate of drug-likeness (QED) is 0.0269. The fourth-order valence-electron chi connectivity index (χ4n) is 4.58. The summed E-state index contributed by atoms with van der Waals surface area (Å²) in [6.07, 6.45) is 16.6. The van der Waals surface area contributed by atoms with Crippen LogP contribution in [0.25, 0.3) is 11.1 Å². The van der Waals surface area contributed by atoms with Crippen molar-refractivity contribution in [3.05, 3.63) is 130 Å². The van der Waals surface area contributed by atoms with Crippen molar-refractivity contribution >= 4 is 24.2 Å². The average molecular weight is 1230 g/mol. The van der Waals surface area contributed by atoms with Crippen molar-refractivity contribution in [1.29, 1.82) is 0 Å². The molecule has 302 valence electrons. The van der Waals surface area contributed by atoms with Crippen molar-refractivity contribution in [2.24, 2.45) is 0 Å². The largest absolute Gasteiger partial charge is 2.00 e. The van der Waals surface area contributed by atoms with E-state index in [1.807, 2.05) is 36.4 Å². The number of carbonyl (C=O) groups is 3. The van der Waals surface area contributed by atoms with Gasteiger partial charge in [-0.25, -0.2) is 27.0 Å². The van der Waals surface area contributed by atoms with Crippen LogP contribution in [0.3, 0.4) is 0 Å². The van der Waals surface area contributed by atoms with E-state index in [0.717, 1.165) is 93.2 Å². The van der Waals surface area contributed by atoms with Gasteiger partial charge >= 0.3 is 80.1 Å². The maximum atomic E-state index is 12.7. The van der Waals surface area contributed by atoms with E-state index >= 15 is 0 Å². The number of unbranched alkanes of at least 4 members (excludes halogenated alkanes) is 9. The Morgan fingerprint density at radius 3 is 1.49 bits per heavy atom. The van der Waals surface area contributed by atoms with E-state index in [2.05, 4.69) is 39.7 Å². The summed E-state index contributed by atoms with van der Waals surface area (Å²) in [7, 11) is 0. The third kappa shape index (κ3) is 28.7. The van der Waals surface area contributed by atoms with Crippen molar-refractivity contribution < 1.29 is 105 Å². The van der Waals surface area contributed by atoms with E-state index < -0.39 is 11.9 Å². The summed E-state index contributed by atoms with van der Waals surface area (Å²) in [5, 5.41) is 0. The van der Waals surface area contributed by atoms with Gasteiger partial charge < -0.3 is 42.3 Å². The van der Waals surface area contributed by atoms with Gasteiger partial charge in [-0.1, -0.05) is 50.3 Å². The molecule has 3 aromatic carbocycles. The molecule has 0 radical (unpaired) electrons. The standard InChI is InChI=1S/C37H41O8.C6H12.C3H3O.2U/c1-3-35(38)43-26-11-7-5-9-24-41-32-20-16-29(17-21-32)30-18-22-33(23-19-30)45-37(40)31-14-13-15-34(28-31)42-25-10-6-8-12-27-44-36(39)4-2;1-3-5-6-4-2;1-2-3-4;;/h3-4,13-14,16-23,28H,1-2,5-12,24-27H2;1-6H2;2H,1H2;;/q-1;-2;-1;2*+2. The van der Waals surface area contributed by atoms with E-state index in [0.29, 0.717) is 43.5 Å². The Balaban J connectivity index is 0. The van der Waals surface area contributed by atoms with E-state index in [1.165, 1.54) is 25.2 Å². The average Bonchev–Trinajstić information content (AvgIpc) is 3.22. The van der Waals surface area contributed by atoms with Crippen molar-refractivity contribution in [2.45, 2.75) is 77.0 Å². The zero-order valence-corrected chi connectivity index (χ0v) is 41.4. The monoisotopic (exact) mass is 1230 g/mol.